The molecule has 5 nitrogen and oxygen atoms in total. The highest BCUT2D eigenvalue weighted by atomic mass is 16.5. The van der Waals surface area contributed by atoms with Gasteiger partial charge in [-0.05, 0) is 56.0 Å². The lowest BCUT2D eigenvalue weighted by Gasteiger charge is -2.29. The van der Waals surface area contributed by atoms with Crippen LogP contribution in [0.3, 0.4) is 0 Å². The molecule has 1 amide bonds. The number of nitrogens with zero attached hydrogens (tertiary/aromatic N) is 2. The topological polar surface area (TPSA) is 44.8 Å². The Labute approximate surface area is 145 Å². The normalized spacial score (nSPS) is 23.1. The van der Waals surface area contributed by atoms with E-state index in [1.165, 1.54) is 12.8 Å². The van der Waals surface area contributed by atoms with E-state index in [1.807, 2.05) is 29.2 Å². The number of nitrogens with one attached hydrogen (secondary N) is 1. The summed E-state index contributed by atoms with van der Waals surface area (Å²) in [6, 6.07) is 8.00. The number of amides is 1. The van der Waals surface area contributed by atoms with Crippen LogP contribution in [0.25, 0.3) is 0 Å². The minimum absolute atomic E-state index is 0.257. The zero-order chi connectivity index (χ0) is 16.8. The van der Waals surface area contributed by atoms with Crippen molar-refractivity contribution >= 4 is 5.91 Å². The van der Waals surface area contributed by atoms with E-state index in [9.17, 15) is 4.79 Å². The van der Waals surface area contributed by atoms with Crippen LogP contribution in [0.5, 0.6) is 5.75 Å². The zero-order valence-corrected chi connectivity index (χ0v) is 14.7. The molecule has 1 aromatic carbocycles. The summed E-state index contributed by atoms with van der Waals surface area (Å²) >= 11 is 0. The number of hydrogen-bond donors (Lipinski definition) is 1. The molecule has 1 unspecified atom stereocenters. The summed E-state index contributed by atoms with van der Waals surface area (Å²) in [5.41, 5.74) is 1.16. The molecule has 2 aliphatic heterocycles. The van der Waals surface area contributed by atoms with Gasteiger partial charge in [-0.2, -0.15) is 0 Å². The van der Waals surface area contributed by atoms with Crippen LogP contribution >= 0.6 is 0 Å². The Kier molecular flexibility index (Phi) is 6.10. The van der Waals surface area contributed by atoms with Crippen molar-refractivity contribution in [3.05, 3.63) is 29.8 Å². The lowest BCUT2D eigenvalue weighted by Crippen LogP contribution is -2.41. The summed E-state index contributed by atoms with van der Waals surface area (Å²) in [5, 5.41) is 3.47. The third-order valence-electron chi connectivity index (χ3n) is 5.06. The van der Waals surface area contributed by atoms with Gasteiger partial charge in [0.05, 0.1) is 13.7 Å². The quantitative estimate of drug-likeness (QED) is 0.892. The lowest BCUT2D eigenvalue weighted by molar-refractivity contribution is -0.131. The third kappa shape index (κ3) is 4.71. The third-order valence-corrected chi connectivity index (χ3v) is 5.06. The second kappa shape index (κ2) is 8.49. The number of rotatable bonds is 5. The fourth-order valence-corrected chi connectivity index (χ4v) is 3.70. The maximum atomic E-state index is 12.6. The first kappa shape index (κ1) is 17.2. The van der Waals surface area contributed by atoms with E-state index in [0.29, 0.717) is 19.0 Å². The van der Waals surface area contributed by atoms with E-state index in [2.05, 4.69) is 10.2 Å². The van der Waals surface area contributed by atoms with Gasteiger partial charge in [0.1, 0.15) is 5.75 Å². The smallest absolute Gasteiger partial charge is 0.237 e. The van der Waals surface area contributed by atoms with Crippen LogP contribution in [-0.4, -0.2) is 62.1 Å². The number of ether oxygens (including phenoxy) is 1. The maximum absolute atomic E-state index is 12.6. The number of carbonyl (C=O) groups is 1. The van der Waals surface area contributed by atoms with E-state index < -0.39 is 0 Å². The minimum atomic E-state index is 0.257. The first-order valence-corrected chi connectivity index (χ1v) is 9.08. The molecule has 2 fully saturated rings. The van der Waals surface area contributed by atoms with Crippen molar-refractivity contribution in [2.45, 2.75) is 25.8 Å². The number of benzene rings is 1. The Morgan fingerprint density at radius 2 is 2.04 bits per heavy atom. The Hall–Kier alpha value is -1.59. The Morgan fingerprint density at radius 3 is 2.75 bits per heavy atom. The van der Waals surface area contributed by atoms with Gasteiger partial charge in [0.15, 0.2) is 0 Å². The first-order valence-electron chi connectivity index (χ1n) is 9.08. The number of piperidine rings is 1. The van der Waals surface area contributed by atoms with Crippen LogP contribution in [0.2, 0.25) is 0 Å². The molecular formula is C19H29N3O2. The van der Waals surface area contributed by atoms with Crippen molar-refractivity contribution < 1.29 is 9.53 Å². The predicted molar refractivity (Wildman–Crippen MR) is 95.1 cm³/mol. The van der Waals surface area contributed by atoms with E-state index >= 15 is 0 Å². The summed E-state index contributed by atoms with van der Waals surface area (Å²) in [6.45, 7) is 6.43. The van der Waals surface area contributed by atoms with Crippen LogP contribution in [0, 0.1) is 5.92 Å². The Balaban J connectivity index is 1.53. The molecule has 0 spiro atoms. The van der Waals surface area contributed by atoms with Gasteiger partial charge in [-0.1, -0.05) is 12.1 Å². The molecule has 0 radical (unpaired) electrons. The molecule has 0 saturated carbocycles. The van der Waals surface area contributed by atoms with E-state index in [1.54, 1.807) is 7.11 Å². The highest BCUT2D eigenvalue weighted by molar-refractivity contribution is 5.78. The second-order valence-corrected chi connectivity index (χ2v) is 6.96. The highest BCUT2D eigenvalue weighted by Crippen LogP contribution is 2.17. The monoisotopic (exact) mass is 331 g/mol. The SMILES string of the molecule is COc1ccc(CN2CCCN(CC3CCCNC3)CC2=O)cc1. The van der Waals surface area contributed by atoms with E-state index in [4.69, 9.17) is 4.74 Å². The molecule has 1 atom stereocenters. The van der Waals surface area contributed by atoms with Crippen molar-refractivity contribution in [2.75, 3.05) is 46.4 Å². The van der Waals surface area contributed by atoms with Crippen molar-refractivity contribution in [1.82, 2.24) is 15.1 Å². The van der Waals surface area contributed by atoms with Crippen LogP contribution in [0.1, 0.15) is 24.8 Å². The van der Waals surface area contributed by atoms with Gasteiger partial charge < -0.3 is 15.0 Å². The Bertz CT molecular complexity index is 526. The molecule has 2 heterocycles. The minimum Gasteiger partial charge on any atom is -0.497 e. The molecule has 2 aliphatic rings. The fraction of sp³-hybridized carbons (Fsp3) is 0.632. The van der Waals surface area contributed by atoms with Crippen LogP contribution in [0.15, 0.2) is 24.3 Å². The molecule has 5 heteroatoms. The van der Waals surface area contributed by atoms with Crippen molar-refractivity contribution in [1.29, 1.82) is 0 Å². The molecule has 3 rings (SSSR count). The van der Waals surface area contributed by atoms with E-state index in [-0.39, 0.29) is 5.91 Å². The largest absolute Gasteiger partial charge is 0.497 e. The molecule has 132 valence electrons. The van der Waals surface area contributed by atoms with Gasteiger partial charge in [0.2, 0.25) is 5.91 Å². The number of methoxy groups -OCH3 is 1. The molecule has 24 heavy (non-hydrogen) atoms. The van der Waals surface area contributed by atoms with Gasteiger partial charge in [-0.15, -0.1) is 0 Å². The van der Waals surface area contributed by atoms with Gasteiger partial charge >= 0.3 is 0 Å². The van der Waals surface area contributed by atoms with Crippen molar-refractivity contribution in [2.24, 2.45) is 5.92 Å². The van der Waals surface area contributed by atoms with Gasteiger partial charge in [0.25, 0.3) is 0 Å². The second-order valence-electron chi connectivity index (χ2n) is 6.96. The lowest BCUT2D eigenvalue weighted by atomic mass is 9.99. The number of hydrogen-bond acceptors (Lipinski definition) is 4. The molecular weight excluding hydrogens is 302 g/mol. The zero-order valence-electron chi connectivity index (χ0n) is 14.7. The standard InChI is InChI=1S/C19H29N3O2/c1-24-18-7-5-16(6-8-18)14-22-11-3-10-21(15-19(22)23)13-17-4-2-9-20-12-17/h5-8,17,20H,2-4,9-15H2,1H3. The highest BCUT2D eigenvalue weighted by Gasteiger charge is 2.24. The maximum Gasteiger partial charge on any atom is 0.237 e. The summed E-state index contributed by atoms with van der Waals surface area (Å²) < 4.78 is 5.19. The van der Waals surface area contributed by atoms with Crippen LogP contribution in [-0.2, 0) is 11.3 Å². The van der Waals surface area contributed by atoms with Crippen LogP contribution in [0.4, 0.5) is 0 Å². The Morgan fingerprint density at radius 1 is 1.21 bits per heavy atom. The molecule has 0 aromatic heterocycles. The van der Waals surface area contributed by atoms with Gasteiger partial charge in [-0.25, -0.2) is 0 Å². The average Bonchev–Trinajstić information content (AvgIpc) is 2.78. The van der Waals surface area contributed by atoms with Crippen molar-refractivity contribution in [3.8, 4) is 5.75 Å². The summed E-state index contributed by atoms with van der Waals surface area (Å²) in [6.07, 6.45) is 3.60. The average molecular weight is 331 g/mol. The van der Waals surface area contributed by atoms with Crippen LogP contribution < -0.4 is 10.1 Å². The summed E-state index contributed by atoms with van der Waals surface area (Å²) in [4.78, 5) is 17.0. The first-order chi connectivity index (χ1) is 11.7. The van der Waals surface area contributed by atoms with Gasteiger partial charge in [-0.3, -0.25) is 9.69 Å². The van der Waals surface area contributed by atoms with E-state index in [0.717, 1.165) is 50.5 Å². The molecule has 0 bridgehead atoms. The van der Waals surface area contributed by atoms with Gasteiger partial charge in [0, 0.05) is 26.2 Å². The molecule has 0 aliphatic carbocycles. The number of carbonyl (C=O) groups excluding carboxylic acids is 1. The fourth-order valence-electron chi connectivity index (χ4n) is 3.70. The predicted octanol–water partition coefficient (Wildman–Crippen LogP) is 1.73. The van der Waals surface area contributed by atoms with Crippen molar-refractivity contribution in [3.63, 3.8) is 0 Å². The summed E-state index contributed by atoms with van der Waals surface area (Å²) in [7, 11) is 1.67. The molecule has 1 aromatic rings. The summed E-state index contributed by atoms with van der Waals surface area (Å²) in [5.74, 6) is 1.81. The molecule has 1 N–H and O–H groups in total. The molecule has 2 saturated heterocycles.